The lowest BCUT2D eigenvalue weighted by molar-refractivity contribution is -1.02. The molecule has 3 heterocycles. The number of rotatable bonds is 6. The number of nitrogens with zero attached hydrogens (tertiary/aromatic N) is 2. The van der Waals surface area contributed by atoms with E-state index in [9.17, 15) is 4.79 Å². The normalized spacial score (nSPS) is 19.2. The summed E-state index contributed by atoms with van der Waals surface area (Å²) in [5.74, 6) is 0.589. The van der Waals surface area contributed by atoms with Crippen molar-refractivity contribution in [3.05, 3.63) is 58.6 Å². The first kappa shape index (κ1) is 20.5. The Bertz CT molecular complexity index is 1040. The van der Waals surface area contributed by atoms with Crippen molar-refractivity contribution in [1.82, 2.24) is 10.1 Å². The monoisotopic (exact) mass is 410 g/mol. The molecule has 158 valence electrons. The Morgan fingerprint density at radius 1 is 1.10 bits per heavy atom. The minimum Gasteiger partial charge on any atom is -0.462 e. The van der Waals surface area contributed by atoms with E-state index in [1.165, 1.54) is 9.80 Å². The quantitative estimate of drug-likeness (QED) is 0.579. The molecular weight excluding hydrogens is 380 g/mol. The number of para-hydroxylation sites is 1. The van der Waals surface area contributed by atoms with Crippen LogP contribution in [0.5, 0.6) is 0 Å². The third-order valence-electron chi connectivity index (χ3n) is 5.90. The number of carbonyl (C=O) groups is 1. The molecule has 0 spiro atoms. The Balaban J connectivity index is 1.50. The van der Waals surface area contributed by atoms with Crippen LogP contribution in [0.3, 0.4) is 0 Å². The van der Waals surface area contributed by atoms with Crippen molar-refractivity contribution in [1.29, 1.82) is 0 Å². The van der Waals surface area contributed by atoms with Gasteiger partial charge in [-0.1, -0.05) is 23.4 Å². The fourth-order valence-corrected chi connectivity index (χ4v) is 4.35. The molecule has 0 radical (unpaired) electrons. The van der Waals surface area contributed by atoms with Crippen molar-refractivity contribution < 1.29 is 23.9 Å². The molecule has 7 nitrogen and oxygen atoms in total. The van der Waals surface area contributed by atoms with Crippen molar-refractivity contribution in [2.75, 3.05) is 32.8 Å². The second-order valence-corrected chi connectivity index (χ2v) is 8.08. The summed E-state index contributed by atoms with van der Waals surface area (Å²) < 4.78 is 10.6. The van der Waals surface area contributed by atoms with Crippen molar-refractivity contribution in [3.63, 3.8) is 0 Å². The van der Waals surface area contributed by atoms with Gasteiger partial charge in [0.25, 0.3) is 0 Å². The zero-order chi connectivity index (χ0) is 21.1. The number of quaternary nitrogens is 2. The summed E-state index contributed by atoms with van der Waals surface area (Å²) in [7, 11) is 0. The lowest BCUT2D eigenvalue weighted by Gasteiger charge is -2.29. The summed E-state index contributed by atoms with van der Waals surface area (Å²) in [6.45, 7) is 11.9. The van der Waals surface area contributed by atoms with Crippen LogP contribution in [0.25, 0.3) is 10.9 Å². The van der Waals surface area contributed by atoms with E-state index >= 15 is 0 Å². The Morgan fingerprint density at radius 3 is 2.47 bits per heavy atom. The predicted octanol–water partition coefficient (Wildman–Crippen LogP) is 0.500. The molecule has 4 rings (SSSR count). The summed E-state index contributed by atoms with van der Waals surface area (Å²) in [5.41, 5.74) is 4.38. The van der Waals surface area contributed by atoms with Gasteiger partial charge in [0.05, 0.1) is 17.7 Å². The number of ether oxygens (including phenoxy) is 1. The van der Waals surface area contributed by atoms with E-state index in [1.54, 1.807) is 0 Å². The molecule has 30 heavy (non-hydrogen) atoms. The predicted molar refractivity (Wildman–Crippen MR) is 112 cm³/mol. The van der Waals surface area contributed by atoms with Gasteiger partial charge in [0.1, 0.15) is 56.4 Å². The third kappa shape index (κ3) is 4.37. The Kier molecular flexibility index (Phi) is 6.11. The van der Waals surface area contributed by atoms with Crippen molar-refractivity contribution in [3.8, 4) is 0 Å². The smallest absolute Gasteiger partial charge is 0.340 e. The minimum absolute atomic E-state index is 0.270. The summed E-state index contributed by atoms with van der Waals surface area (Å²) in [6.07, 6.45) is 0. The van der Waals surface area contributed by atoms with Gasteiger partial charge in [-0.15, -0.1) is 0 Å². The first-order valence-corrected chi connectivity index (χ1v) is 10.7. The second-order valence-electron chi connectivity index (χ2n) is 8.08. The number of pyridine rings is 1. The van der Waals surface area contributed by atoms with E-state index in [0.29, 0.717) is 12.2 Å². The topological polar surface area (TPSA) is 74.1 Å². The molecule has 1 fully saturated rings. The largest absolute Gasteiger partial charge is 0.462 e. The number of benzene rings is 1. The molecule has 0 bridgehead atoms. The van der Waals surface area contributed by atoms with E-state index in [0.717, 1.165) is 72.9 Å². The molecule has 0 unspecified atom stereocenters. The molecular formula is C23H30N4O3+2. The van der Waals surface area contributed by atoms with Crippen LogP contribution in [0.2, 0.25) is 0 Å². The number of fused-ring (bicyclic) bond motifs is 1. The van der Waals surface area contributed by atoms with Crippen molar-refractivity contribution in [2.45, 2.75) is 33.9 Å². The number of hydrogen-bond donors (Lipinski definition) is 2. The lowest BCUT2D eigenvalue weighted by atomic mass is 10.0. The summed E-state index contributed by atoms with van der Waals surface area (Å²) in [4.78, 5) is 20.6. The van der Waals surface area contributed by atoms with Crippen LogP contribution in [-0.2, 0) is 17.8 Å². The van der Waals surface area contributed by atoms with Crippen LogP contribution < -0.4 is 9.80 Å². The zero-order valence-corrected chi connectivity index (χ0v) is 18.0. The number of esters is 1. The fourth-order valence-electron chi connectivity index (χ4n) is 4.35. The highest BCUT2D eigenvalue weighted by atomic mass is 16.5. The number of piperazine rings is 1. The SMILES string of the molecule is CCOC(=O)c1c(C[NH+]2CC[NH+](Cc3cc(C)on3)CC2)nc2ccccc2c1C. The first-order valence-electron chi connectivity index (χ1n) is 10.7. The van der Waals surface area contributed by atoms with Crippen LogP contribution in [0.15, 0.2) is 34.9 Å². The maximum absolute atomic E-state index is 12.7. The number of aromatic nitrogens is 2. The van der Waals surface area contributed by atoms with Crippen molar-refractivity contribution in [2.24, 2.45) is 0 Å². The summed E-state index contributed by atoms with van der Waals surface area (Å²) in [6, 6.07) is 10.0. The standard InChI is InChI=1S/C23H28N4O3/c1-4-29-23(28)22-17(3)19-7-5-6-8-20(19)24-21(22)15-27-11-9-26(10-12-27)14-18-13-16(2)30-25-18/h5-8,13H,4,9-12,14-15H2,1-3H3/p+2. The molecule has 0 aliphatic carbocycles. The van der Waals surface area contributed by atoms with Crippen LogP contribution in [0.4, 0.5) is 0 Å². The molecule has 1 aliphatic rings. The van der Waals surface area contributed by atoms with Gasteiger partial charge in [0.2, 0.25) is 0 Å². The molecule has 2 N–H and O–H groups in total. The Morgan fingerprint density at radius 2 is 1.80 bits per heavy atom. The summed E-state index contributed by atoms with van der Waals surface area (Å²) in [5, 5.41) is 5.13. The highest BCUT2D eigenvalue weighted by Gasteiger charge is 2.28. The minimum atomic E-state index is -0.270. The fraction of sp³-hybridized carbons (Fsp3) is 0.435. The van der Waals surface area contributed by atoms with Crippen LogP contribution in [-0.4, -0.2) is 48.9 Å². The van der Waals surface area contributed by atoms with E-state index in [1.807, 2.05) is 51.1 Å². The van der Waals surface area contributed by atoms with Crippen LogP contribution in [0.1, 0.15) is 40.0 Å². The number of carbonyl (C=O) groups excluding carboxylic acids is 1. The van der Waals surface area contributed by atoms with E-state index in [-0.39, 0.29) is 5.97 Å². The summed E-state index contributed by atoms with van der Waals surface area (Å²) >= 11 is 0. The van der Waals surface area contributed by atoms with Gasteiger partial charge in [-0.25, -0.2) is 9.78 Å². The maximum Gasteiger partial charge on any atom is 0.340 e. The van der Waals surface area contributed by atoms with E-state index in [4.69, 9.17) is 14.2 Å². The van der Waals surface area contributed by atoms with E-state index < -0.39 is 0 Å². The van der Waals surface area contributed by atoms with Crippen molar-refractivity contribution >= 4 is 16.9 Å². The molecule has 1 aromatic carbocycles. The van der Waals surface area contributed by atoms with Crippen LogP contribution >= 0.6 is 0 Å². The maximum atomic E-state index is 12.7. The molecule has 7 heteroatoms. The molecule has 3 aromatic rings. The van der Waals surface area contributed by atoms with Gasteiger partial charge in [0, 0.05) is 11.5 Å². The third-order valence-corrected chi connectivity index (χ3v) is 5.90. The molecule has 1 saturated heterocycles. The molecule has 1 aliphatic heterocycles. The number of hydrogen-bond acceptors (Lipinski definition) is 5. The average molecular weight is 411 g/mol. The lowest BCUT2D eigenvalue weighted by Crippen LogP contribution is -3.27. The number of nitrogens with one attached hydrogen (secondary N) is 2. The molecule has 0 amide bonds. The highest BCUT2D eigenvalue weighted by Crippen LogP contribution is 2.23. The average Bonchev–Trinajstić information content (AvgIpc) is 3.14. The van der Waals surface area contributed by atoms with E-state index in [2.05, 4.69) is 5.16 Å². The second kappa shape index (κ2) is 8.93. The molecule has 2 aromatic heterocycles. The zero-order valence-electron chi connectivity index (χ0n) is 18.0. The molecule has 0 atom stereocenters. The van der Waals surface area contributed by atoms with Gasteiger partial charge in [-0.05, 0) is 32.4 Å². The Labute approximate surface area is 176 Å². The highest BCUT2D eigenvalue weighted by molar-refractivity contribution is 5.98. The van der Waals surface area contributed by atoms with Gasteiger partial charge < -0.3 is 19.1 Å². The van der Waals surface area contributed by atoms with Crippen LogP contribution in [0, 0.1) is 13.8 Å². The Hall–Kier alpha value is -2.77. The number of aryl methyl sites for hydroxylation is 2. The van der Waals surface area contributed by atoms with Gasteiger partial charge in [-0.2, -0.15) is 0 Å². The van der Waals surface area contributed by atoms with Gasteiger partial charge in [-0.3, -0.25) is 0 Å². The van der Waals surface area contributed by atoms with Gasteiger partial charge >= 0.3 is 5.97 Å². The first-order chi connectivity index (χ1) is 14.5. The van der Waals surface area contributed by atoms with Gasteiger partial charge in [0.15, 0.2) is 0 Å². The molecule has 0 saturated carbocycles.